The Morgan fingerprint density at radius 3 is 2.52 bits per heavy atom. The van der Waals surface area contributed by atoms with Gasteiger partial charge in [0.2, 0.25) is 5.91 Å². The van der Waals surface area contributed by atoms with E-state index in [0.29, 0.717) is 25.7 Å². The lowest BCUT2D eigenvalue weighted by Crippen LogP contribution is -2.55. The zero-order chi connectivity index (χ0) is 21.3. The maximum Gasteiger partial charge on any atom is 0.233 e. The summed E-state index contributed by atoms with van der Waals surface area (Å²) in [6.07, 6.45) is 2.02. The molecule has 162 valence electrons. The Morgan fingerprint density at radius 2 is 1.81 bits per heavy atom. The molecule has 0 unspecified atom stereocenters. The van der Waals surface area contributed by atoms with Gasteiger partial charge in [0.05, 0.1) is 29.7 Å². The second kappa shape index (κ2) is 8.35. The molecule has 2 aliphatic rings. The number of carbonyl (C=O) groups excluding carboxylic acids is 1. The Bertz CT molecular complexity index is 1050. The van der Waals surface area contributed by atoms with Gasteiger partial charge >= 0.3 is 0 Å². The average Bonchev–Trinajstić information content (AvgIpc) is 3.14. The van der Waals surface area contributed by atoms with Crippen LogP contribution in [0.2, 0.25) is 0 Å². The molecule has 31 heavy (non-hydrogen) atoms. The number of ether oxygens (including phenoxy) is 2. The van der Waals surface area contributed by atoms with E-state index in [1.165, 1.54) is 0 Å². The minimum atomic E-state index is -0.310. The summed E-state index contributed by atoms with van der Waals surface area (Å²) in [5, 5.41) is 0. The highest BCUT2D eigenvalue weighted by molar-refractivity contribution is 5.83. The fourth-order valence-corrected chi connectivity index (χ4v) is 4.59. The van der Waals surface area contributed by atoms with E-state index in [0.717, 1.165) is 55.1 Å². The monoisotopic (exact) mass is 419 g/mol. The van der Waals surface area contributed by atoms with Crippen molar-refractivity contribution < 1.29 is 14.3 Å². The number of carbonyl (C=O) groups is 1. The number of hydrogen-bond acceptors (Lipinski definition) is 4. The first-order valence-corrected chi connectivity index (χ1v) is 11.1. The summed E-state index contributed by atoms with van der Waals surface area (Å²) in [7, 11) is 0. The van der Waals surface area contributed by atoms with E-state index >= 15 is 0 Å². The Hall–Kier alpha value is -2.86. The molecule has 0 spiro atoms. The standard InChI is InChI=1S/C25H29N3O3/c1-25(17-30-18-25)24(29)27-13-11-19(12-14-27)15-28-22-10-6-5-9-21(22)26-23(28)16-31-20-7-3-2-4-8-20/h2-10,19H,11-18H2,1H3. The predicted molar refractivity (Wildman–Crippen MR) is 119 cm³/mol. The van der Waals surface area contributed by atoms with Gasteiger partial charge in [-0.1, -0.05) is 30.3 Å². The van der Waals surface area contributed by atoms with E-state index < -0.39 is 0 Å². The van der Waals surface area contributed by atoms with Crippen LogP contribution in [0.1, 0.15) is 25.6 Å². The molecule has 1 amide bonds. The molecule has 2 aromatic carbocycles. The molecule has 2 saturated heterocycles. The van der Waals surface area contributed by atoms with Crippen molar-refractivity contribution in [3.05, 3.63) is 60.4 Å². The Labute approximate surface area is 182 Å². The quantitative estimate of drug-likeness (QED) is 0.608. The second-order valence-corrected chi connectivity index (χ2v) is 9.02. The van der Waals surface area contributed by atoms with Crippen LogP contribution in [0, 0.1) is 11.3 Å². The molecular weight excluding hydrogens is 390 g/mol. The lowest BCUT2D eigenvalue weighted by atomic mass is 9.85. The van der Waals surface area contributed by atoms with Crippen LogP contribution in [0.5, 0.6) is 5.75 Å². The van der Waals surface area contributed by atoms with E-state index in [9.17, 15) is 4.79 Å². The van der Waals surface area contributed by atoms with E-state index in [-0.39, 0.29) is 11.3 Å². The molecule has 6 heteroatoms. The van der Waals surface area contributed by atoms with Gasteiger partial charge in [0.15, 0.2) is 0 Å². The van der Waals surface area contributed by atoms with Crippen LogP contribution in [0.3, 0.4) is 0 Å². The number of rotatable bonds is 6. The van der Waals surface area contributed by atoms with Crippen LogP contribution in [0.25, 0.3) is 11.0 Å². The highest BCUT2D eigenvalue weighted by atomic mass is 16.5. The Kier molecular flexibility index (Phi) is 5.40. The lowest BCUT2D eigenvalue weighted by molar-refractivity contribution is -0.170. The molecule has 6 nitrogen and oxygen atoms in total. The average molecular weight is 420 g/mol. The van der Waals surface area contributed by atoms with Gasteiger partial charge < -0.3 is 18.9 Å². The predicted octanol–water partition coefficient (Wildman–Crippen LogP) is 3.89. The Balaban J connectivity index is 1.28. The maximum atomic E-state index is 12.8. The number of nitrogens with zero attached hydrogens (tertiary/aromatic N) is 3. The van der Waals surface area contributed by atoms with E-state index in [1.807, 2.05) is 48.2 Å². The molecule has 3 heterocycles. The first kappa shape index (κ1) is 20.1. The van der Waals surface area contributed by atoms with Crippen molar-refractivity contribution in [3.63, 3.8) is 0 Å². The van der Waals surface area contributed by atoms with Gasteiger partial charge in [-0.3, -0.25) is 4.79 Å². The largest absolute Gasteiger partial charge is 0.486 e. The molecule has 0 bridgehead atoms. The third kappa shape index (κ3) is 4.04. The summed E-state index contributed by atoms with van der Waals surface area (Å²) < 4.78 is 13.6. The number of para-hydroxylation sites is 3. The summed E-state index contributed by atoms with van der Waals surface area (Å²) >= 11 is 0. The molecular formula is C25H29N3O3. The summed E-state index contributed by atoms with van der Waals surface area (Å²) in [4.78, 5) is 19.7. The molecule has 0 atom stereocenters. The van der Waals surface area contributed by atoms with E-state index in [4.69, 9.17) is 14.5 Å². The van der Waals surface area contributed by atoms with Gasteiger partial charge in [-0.15, -0.1) is 0 Å². The van der Waals surface area contributed by atoms with Crippen LogP contribution in [0.4, 0.5) is 0 Å². The smallest absolute Gasteiger partial charge is 0.233 e. The zero-order valence-electron chi connectivity index (χ0n) is 18.0. The minimum absolute atomic E-state index is 0.252. The summed E-state index contributed by atoms with van der Waals surface area (Å²) in [6.45, 7) is 6.10. The second-order valence-electron chi connectivity index (χ2n) is 9.02. The van der Waals surface area contributed by atoms with Crippen molar-refractivity contribution in [2.45, 2.75) is 32.9 Å². The molecule has 2 fully saturated rings. The van der Waals surface area contributed by atoms with Crippen molar-refractivity contribution in [3.8, 4) is 5.75 Å². The fourth-order valence-electron chi connectivity index (χ4n) is 4.59. The maximum absolute atomic E-state index is 12.8. The SMILES string of the molecule is CC1(C(=O)N2CCC(Cn3c(COc4ccccc4)nc4ccccc43)CC2)COC1. The fraction of sp³-hybridized carbons (Fsp3) is 0.440. The molecule has 0 radical (unpaired) electrons. The lowest BCUT2D eigenvalue weighted by Gasteiger charge is -2.42. The van der Waals surface area contributed by atoms with Gasteiger partial charge in [0.1, 0.15) is 18.2 Å². The first-order valence-electron chi connectivity index (χ1n) is 11.1. The normalized spacial score (nSPS) is 18.7. The van der Waals surface area contributed by atoms with Crippen LogP contribution < -0.4 is 4.74 Å². The number of imidazole rings is 1. The molecule has 0 N–H and O–H groups in total. The number of piperidine rings is 1. The van der Waals surface area contributed by atoms with Crippen LogP contribution in [0.15, 0.2) is 54.6 Å². The minimum Gasteiger partial charge on any atom is -0.486 e. The summed E-state index contributed by atoms with van der Waals surface area (Å²) in [6, 6.07) is 18.1. The van der Waals surface area contributed by atoms with Crippen molar-refractivity contribution in [1.29, 1.82) is 0 Å². The third-order valence-electron chi connectivity index (χ3n) is 6.54. The first-order chi connectivity index (χ1) is 15.1. The molecule has 2 aliphatic heterocycles. The van der Waals surface area contributed by atoms with Gasteiger partial charge in [0, 0.05) is 19.6 Å². The molecule has 0 aliphatic carbocycles. The number of benzene rings is 2. The number of aromatic nitrogens is 2. The summed E-state index contributed by atoms with van der Waals surface area (Å²) in [5.41, 5.74) is 1.83. The van der Waals surface area contributed by atoms with Gasteiger partial charge in [-0.2, -0.15) is 0 Å². The number of fused-ring (bicyclic) bond motifs is 1. The number of hydrogen-bond donors (Lipinski definition) is 0. The van der Waals surface area contributed by atoms with Crippen LogP contribution >= 0.6 is 0 Å². The van der Waals surface area contributed by atoms with Crippen molar-refractivity contribution >= 4 is 16.9 Å². The Morgan fingerprint density at radius 1 is 1.10 bits per heavy atom. The van der Waals surface area contributed by atoms with Crippen LogP contribution in [-0.2, 0) is 22.7 Å². The molecule has 3 aromatic rings. The van der Waals surface area contributed by atoms with Gasteiger partial charge in [-0.25, -0.2) is 4.98 Å². The molecule has 1 aromatic heterocycles. The molecule has 0 saturated carbocycles. The molecule has 5 rings (SSSR count). The van der Waals surface area contributed by atoms with Crippen molar-refractivity contribution in [1.82, 2.24) is 14.5 Å². The highest BCUT2D eigenvalue weighted by Crippen LogP contribution is 2.32. The van der Waals surface area contributed by atoms with E-state index in [1.54, 1.807) is 0 Å². The van der Waals surface area contributed by atoms with Crippen LogP contribution in [-0.4, -0.2) is 46.7 Å². The topological polar surface area (TPSA) is 56.6 Å². The number of amides is 1. The van der Waals surface area contributed by atoms with Crippen molar-refractivity contribution in [2.75, 3.05) is 26.3 Å². The number of likely N-dealkylation sites (tertiary alicyclic amines) is 1. The summed E-state index contributed by atoms with van der Waals surface area (Å²) in [5.74, 6) is 2.56. The van der Waals surface area contributed by atoms with Crippen molar-refractivity contribution in [2.24, 2.45) is 11.3 Å². The zero-order valence-corrected chi connectivity index (χ0v) is 18.0. The van der Waals surface area contributed by atoms with Gasteiger partial charge in [0.25, 0.3) is 0 Å². The van der Waals surface area contributed by atoms with Gasteiger partial charge in [-0.05, 0) is 49.9 Å². The van der Waals surface area contributed by atoms with E-state index in [2.05, 4.69) is 22.8 Å². The highest BCUT2D eigenvalue weighted by Gasteiger charge is 2.44. The third-order valence-corrected chi connectivity index (χ3v) is 6.54.